The monoisotopic (exact) mass is 353 g/mol. The van der Waals surface area contributed by atoms with Gasteiger partial charge in [0.1, 0.15) is 18.0 Å². The molecule has 0 spiro atoms. The van der Waals surface area contributed by atoms with Gasteiger partial charge in [-0.05, 0) is 12.1 Å². The smallest absolute Gasteiger partial charge is 0.345 e. The minimum Gasteiger partial charge on any atom is -0.457 e. The standard InChI is InChI=1S/C15H9ClFNO6/c16-10-2-1-3-11(17)9(10)6-22-15(19)8-4-13-14(24-7-23-13)5-12(8)18(20)21/h1-5H,6-7H2. The lowest BCUT2D eigenvalue weighted by Crippen LogP contribution is -2.09. The van der Waals surface area contributed by atoms with Crippen molar-refractivity contribution in [3.63, 3.8) is 0 Å². The molecule has 0 N–H and O–H groups in total. The fourth-order valence-electron chi connectivity index (χ4n) is 2.13. The summed E-state index contributed by atoms with van der Waals surface area (Å²) in [6, 6.07) is 6.25. The number of hydrogen-bond donors (Lipinski definition) is 0. The van der Waals surface area contributed by atoms with Crippen LogP contribution in [0.5, 0.6) is 11.5 Å². The molecule has 24 heavy (non-hydrogen) atoms. The maximum Gasteiger partial charge on any atom is 0.345 e. The van der Waals surface area contributed by atoms with Gasteiger partial charge in [-0.3, -0.25) is 10.1 Å². The van der Waals surface area contributed by atoms with Crippen molar-refractivity contribution in [1.82, 2.24) is 0 Å². The summed E-state index contributed by atoms with van der Waals surface area (Å²) in [6.45, 7) is -0.564. The number of hydrogen-bond acceptors (Lipinski definition) is 6. The maximum atomic E-state index is 13.7. The zero-order chi connectivity index (χ0) is 17.3. The number of nitro benzene ring substituents is 1. The maximum absolute atomic E-state index is 13.7. The highest BCUT2D eigenvalue weighted by Crippen LogP contribution is 2.38. The summed E-state index contributed by atoms with van der Waals surface area (Å²) in [5, 5.41) is 11.2. The Morgan fingerprint density at radius 1 is 1.33 bits per heavy atom. The predicted molar refractivity (Wildman–Crippen MR) is 79.7 cm³/mol. The summed E-state index contributed by atoms with van der Waals surface area (Å²) in [5.74, 6) is -1.29. The molecule has 7 nitrogen and oxygen atoms in total. The summed E-state index contributed by atoms with van der Waals surface area (Å²) in [6.07, 6.45) is 0. The Hall–Kier alpha value is -2.87. The molecular formula is C15H9ClFNO6. The van der Waals surface area contributed by atoms with Gasteiger partial charge >= 0.3 is 5.97 Å². The molecule has 0 saturated heterocycles. The van der Waals surface area contributed by atoms with Gasteiger partial charge in [-0.2, -0.15) is 0 Å². The van der Waals surface area contributed by atoms with Crippen LogP contribution in [0.3, 0.4) is 0 Å². The molecule has 1 aliphatic rings. The number of nitrogens with zero attached hydrogens (tertiary/aromatic N) is 1. The Labute approximate surface area is 139 Å². The summed E-state index contributed by atoms with van der Waals surface area (Å²) >= 11 is 5.84. The van der Waals surface area contributed by atoms with Gasteiger partial charge in [0.05, 0.1) is 16.0 Å². The van der Waals surface area contributed by atoms with Crippen molar-refractivity contribution in [2.75, 3.05) is 6.79 Å². The van der Waals surface area contributed by atoms with Crippen LogP contribution < -0.4 is 9.47 Å². The molecular weight excluding hydrogens is 345 g/mol. The van der Waals surface area contributed by atoms with E-state index in [1.807, 2.05) is 0 Å². The van der Waals surface area contributed by atoms with Gasteiger partial charge in [0.25, 0.3) is 5.69 Å². The molecule has 0 atom stereocenters. The third-order valence-electron chi connectivity index (χ3n) is 3.32. The van der Waals surface area contributed by atoms with E-state index in [0.29, 0.717) is 0 Å². The molecule has 124 valence electrons. The molecule has 1 aliphatic heterocycles. The molecule has 0 bridgehead atoms. The lowest BCUT2D eigenvalue weighted by molar-refractivity contribution is -0.385. The number of halogens is 2. The lowest BCUT2D eigenvalue weighted by Gasteiger charge is -2.08. The predicted octanol–water partition coefficient (Wildman–Crippen LogP) is 3.47. The quantitative estimate of drug-likeness (QED) is 0.475. The molecule has 0 saturated carbocycles. The van der Waals surface area contributed by atoms with E-state index in [0.717, 1.165) is 18.2 Å². The zero-order valence-corrected chi connectivity index (χ0v) is 12.7. The zero-order valence-electron chi connectivity index (χ0n) is 12.0. The number of benzene rings is 2. The normalized spacial score (nSPS) is 12.1. The van der Waals surface area contributed by atoms with Gasteiger partial charge < -0.3 is 14.2 Å². The Morgan fingerprint density at radius 2 is 2.04 bits per heavy atom. The average Bonchev–Trinajstić information content (AvgIpc) is 3.00. The van der Waals surface area contributed by atoms with E-state index < -0.39 is 29.0 Å². The number of rotatable bonds is 4. The van der Waals surface area contributed by atoms with Gasteiger partial charge in [-0.1, -0.05) is 17.7 Å². The van der Waals surface area contributed by atoms with Crippen molar-refractivity contribution in [3.05, 3.63) is 62.4 Å². The largest absolute Gasteiger partial charge is 0.457 e. The third-order valence-corrected chi connectivity index (χ3v) is 3.67. The van der Waals surface area contributed by atoms with Gasteiger partial charge in [0.2, 0.25) is 6.79 Å². The second-order valence-corrected chi connectivity index (χ2v) is 5.16. The first-order chi connectivity index (χ1) is 11.5. The molecule has 1 heterocycles. The molecule has 9 heteroatoms. The molecule has 0 aromatic heterocycles. The van der Waals surface area contributed by atoms with Crippen LogP contribution in [-0.2, 0) is 11.3 Å². The van der Waals surface area contributed by atoms with Crippen LogP contribution in [-0.4, -0.2) is 17.7 Å². The Morgan fingerprint density at radius 3 is 2.71 bits per heavy atom. The van der Waals surface area contributed by atoms with Crippen LogP contribution in [0.15, 0.2) is 30.3 Å². The van der Waals surface area contributed by atoms with Crippen LogP contribution in [0.25, 0.3) is 0 Å². The molecule has 2 aromatic carbocycles. The molecule has 0 aliphatic carbocycles. The van der Waals surface area contributed by atoms with Crippen molar-refractivity contribution in [1.29, 1.82) is 0 Å². The average molecular weight is 354 g/mol. The van der Waals surface area contributed by atoms with Crippen molar-refractivity contribution < 1.29 is 28.3 Å². The number of fused-ring (bicyclic) bond motifs is 1. The van der Waals surface area contributed by atoms with Crippen molar-refractivity contribution >= 4 is 23.3 Å². The first-order valence-corrected chi connectivity index (χ1v) is 7.03. The Balaban J connectivity index is 1.86. The van der Waals surface area contributed by atoms with Crippen molar-refractivity contribution in [2.24, 2.45) is 0 Å². The van der Waals surface area contributed by atoms with E-state index in [2.05, 4.69) is 0 Å². The number of nitro groups is 1. The van der Waals surface area contributed by atoms with Gasteiger partial charge in [0, 0.05) is 11.6 Å². The topological polar surface area (TPSA) is 87.9 Å². The van der Waals surface area contributed by atoms with E-state index in [4.69, 9.17) is 25.8 Å². The summed E-state index contributed by atoms with van der Waals surface area (Å²) in [5.41, 5.74) is -0.837. The highest BCUT2D eigenvalue weighted by molar-refractivity contribution is 6.31. The van der Waals surface area contributed by atoms with Crippen LogP contribution in [0.2, 0.25) is 5.02 Å². The lowest BCUT2D eigenvalue weighted by atomic mass is 10.1. The highest BCUT2D eigenvalue weighted by Gasteiger charge is 2.28. The summed E-state index contributed by atoms with van der Waals surface area (Å²) in [7, 11) is 0. The number of esters is 1. The summed E-state index contributed by atoms with van der Waals surface area (Å²) in [4.78, 5) is 22.6. The van der Waals surface area contributed by atoms with Crippen LogP contribution in [0.1, 0.15) is 15.9 Å². The third kappa shape index (κ3) is 2.95. The van der Waals surface area contributed by atoms with Gasteiger partial charge in [0.15, 0.2) is 11.5 Å². The van der Waals surface area contributed by atoms with E-state index in [1.54, 1.807) is 0 Å². The highest BCUT2D eigenvalue weighted by atomic mass is 35.5. The van der Waals surface area contributed by atoms with Crippen LogP contribution in [0.4, 0.5) is 10.1 Å². The van der Waals surface area contributed by atoms with Crippen molar-refractivity contribution in [3.8, 4) is 11.5 Å². The molecule has 0 amide bonds. The second kappa shape index (κ2) is 6.32. The number of carbonyl (C=O) groups is 1. The van der Waals surface area contributed by atoms with Crippen LogP contribution >= 0.6 is 11.6 Å². The van der Waals surface area contributed by atoms with Crippen molar-refractivity contribution in [2.45, 2.75) is 6.61 Å². The number of carbonyl (C=O) groups excluding carboxylic acids is 1. The fraction of sp³-hybridized carbons (Fsp3) is 0.133. The Bertz CT molecular complexity index is 821. The molecule has 2 aromatic rings. The van der Waals surface area contributed by atoms with E-state index >= 15 is 0 Å². The SMILES string of the molecule is O=C(OCc1c(F)cccc1Cl)c1cc2c(cc1[N+](=O)[O-])OCO2. The molecule has 0 fully saturated rings. The number of ether oxygens (including phenoxy) is 3. The van der Waals surface area contributed by atoms with E-state index in [-0.39, 0.29) is 34.4 Å². The van der Waals surface area contributed by atoms with Crippen LogP contribution in [0, 0.1) is 15.9 Å². The minimum atomic E-state index is -1.00. The first kappa shape index (κ1) is 16.0. The molecule has 0 unspecified atom stereocenters. The second-order valence-electron chi connectivity index (χ2n) is 4.76. The van der Waals surface area contributed by atoms with Gasteiger partial charge in [-0.25, -0.2) is 9.18 Å². The first-order valence-electron chi connectivity index (χ1n) is 6.65. The molecule has 3 rings (SSSR count). The minimum absolute atomic E-state index is 0.0177. The summed E-state index contributed by atoms with van der Waals surface area (Å²) < 4.78 is 28.8. The molecule has 0 radical (unpaired) electrons. The van der Waals surface area contributed by atoms with Gasteiger partial charge in [-0.15, -0.1) is 0 Å². The fourth-order valence-corrected chi connectivity index (χ4v) is 2.35. The Kier molecular flexibility index (Phi) is 4.22. The van der Waals surface area contributed by atoms with E-state index in [9.17, 15) is 19.3 Å². The van der Waals surface area contributed by atoms with E-state index in [1.165, 1.54) is 12.1 Å².